The van der Waals surface area contributed by atoms with Gasteiger partial charge in [-0.1, -0.05) is 6.07 Å². The minimum atomic E-state index is -3.61. The van der Waals surface area contributed by atoms with Gasteiger partial charge in [0.1, 0.15) is 0 Å². The summed E-state index contributed by atoms with van der Waals surface area (Å²) in [5.41, 5.74) is 0.727. The zero-order chi connectivity index (χ0) is 15.2. The van der Waals surface area contributed by atoms with Gasteiger partial charge < -0.3 is 0 Å². The Bertz CT molecular complexity index is 614. The van der Waals surface area contributed by atoms with Crippen LogP contribution in [0, 0.1) is 0 Å². The van der Waals surface area contributed by atoms with Crippen LogP contribution in [0.4, 0.5) is 0 Å². The predicted molar refractivity (Wildman–Crippen MR) is 75.5 cm³/mol. The van der Waals surface area contributed by atoms with Gasteiger partial charge in [-0.2, -0.15) is 12.7 Å². The first kappa shape index (κ1) is 17.0. The number of nitrogens with one attached hydrogen (secondary N) is 2. The van der Waals surface area contributed by atoms with Gasteiger partial charge >= 0.3 is 0 Å². The maximum Gasteiger partial charge on any atom is 0.278 e. The second-order valence-corrected chi connectivity index (χ2v) is 8.08. The average molecular weight is 322 g/mol. The van der Waals surface area contributed by atoms with Crippen LogP contribution < -0.4 is 9.44 Å². The smallest absolute Gasteiger partial charge is 0.264 e. The van der Waals surface area contributed by atoms with Crippen LogP contribution in [-0.2, 0) is 26.8 Å². The minimum Gasteiger partial charge on any atom is -0.264 e. The molecule has 0 aromatic carbocycles. The summed E-state index contributed by atoms with van der Waals surface area (Å²) in [7, 11) is -4.44. The topological polar surface area (TPSA) is 108 Å². The number of sulfonamides is 1. The molecule has 114 valence electrons. The third-order valence-corrected chi connectivity index (χ3v) is 5.21. The molecule has 8 nitrogen and oxygen atoms in total. The molecule has 0 atom stereocenters. The predicted octanol–water partition coefficient (Wildman–Crippen LogP) is -1.10. The molecule has 0 fully saturated rings. The Hall–Kier alpha value is -1.07. The lowest BCUT2D eigenvalue weighted by atomic mass is 10.3. The molecule has 1 aromatic heterocycles. The van der Waals surface area contributed by atoms with E-state index in [1.807, 2.05) is 0 Å². The fraction of sp³-hybridized carbons (Fsp3) is 0.500. The monoisotopic (exact) mass is 322 g/mol. The van der Waals surface area contributed by atoms with E-state index in [-0.39, 0.29) is 18.8 Å². The second-order valence-electron chi connectivity index (χ2n) is 4.18. The maximum absolute atomic E-state index is 11.7. The summed E-state index contributed by atoms with van der Waals surface area (Å²) < 4.78 is 51.7. The number of rotatable bonds is 8. The SMILES string of the molecule is CN(C)S(=O)(=O)NCCS(=O)(=O)NCc1cccnc1. The van der Waals surface area contributed by atoms with E-state index in [0.717, 1.165) is 9.87 Å². The van der Waals surface area contributed by atoms with Crippen molar-refractivity contribution >= 4 is 20.2 Å². The van der Waals surface area contributed by atoms with Gasteiger partial charge in [-0.25, -0.2) is 17.9 Å². The van der Waals surface area contributed by atoms with Crippen LogP contribution >= 0.6 is 0 Å². The van der Waals surface area contributed by atoms with Gasteiger partial charge in [0, 0.05) is 39.6 Å². The number of aromatic nitrogens is 1. The first-order chi connectivity index (χ1) is 9.23. The molecule has 1 rings (SSSR count). The highest BCUT2D eigenvalue weighted by molar-refractivity contribution is 7.89. The van der Waals surface area contributed by atoms with Crippen LogP contribution in [0.1, 0.15) is 5.56 Å². The Morgan fingerprint density at radius 3 is 2.45 bits per heavy atom. The summed E-state index contributed by atoms with van der Waals surface area (Å²) in [5, 5.41) is 0. The van der Waals surface area contributed by atoms with Gasteiger partial charge in [0.15, 0.2) is 0 Å². The third kappa shape index (κ3) is 5.92. The molecule has 0 amide bonds. The Kier molecular flexibility index (Phi) is 6.02. The Morgan fingerprint density at radius 2 is 1.90 bits per heavy atom. The molecule has 0 saturated heterocycles. The van der Waals surface area contributed by atoms with Crippen molar-refractivity contribution < 1.29 is 16.8 Å². The summed E-state index contributed by atoms with van der Waals surface area (Å²) in [5.74, 6) is -0.333. The van der Waals surface area contributed by atoms with Crippen LogP contribution in [0.3, 0.4) is 0 Å². The van der Waals surface area contributed by atoms with Crippen LogP contribution in [0.2, 0.25) is 0 Å². The number of hydrogen-bond donors (Lipinski definition) is 2. The molecule has 0 aliphatic carbocycles. The Morgan fingerprint density at radius 1 is 1.20 bits per heavy atom. The van der Waals surface area contributed by atoms with Crippen molar-refractivity contribution in [3.8, 4) is 0 Å². The van der Waals surface area contributed by atoms with Crippen molar-refractivity contribution in [3.63, 3.8) is 0 Å². The first-order valence-electron chi connectivity index (χ1n) is 5.76. The molecular weight excluding hydrogens is 304 g/mol. The van der Waals surface area contributed by atoms with Crippen LogP contribution in [0.5, 0.6) is 0 Å². The summed E-state index contributed by atoms with van der Waals surface area (Å²) in [4.78, 5) is 3.87. The van der Waals surface area contributed by atoms with Crippen molar-refractivity contribution in [2.24, 2.45) is 0 Å². The zero-order valence-electron chi connectivity index (χ0n) is 11.3. The normalized spacial score (nSPS) is 12.8. The van der Waals surface area contributed by atoms with E-state index >= 15 is 0 Å². The lowest BCUT2D eigenvalue weighted by Gasteiger charge is -2.12. The molecule has 0 spiro atoms. The van der Waals surface area contributed by atoms with E-state index in [4.69, 9.17) is 0 Å². The second kappa shape index (κ2) is 7.09. The quantitative estimate of drug-likeness (QED) is 0.631. The van der Waals surface area contributed by atoms with E-state index in [9.17, 15) is 16.8 Å². The molecule has 0 bridgehead atoms. The highest BCUT2D eigenvalue weighted by atomic mass is 32.2. The van der Waals surface area contributed by atoms with Crippen molar-refractivity contribution in [1.29, 1.82) is 0 Å². The minimum absolute atomic E-state index is 0.122. The first-order valence-corrected chi connectivity index (χ1v) is 8.85. The average Bonchev–Trinajstić information content (AvgIpc) is 2.37. The highest BCUT2D eigenvalue weighted by Crippen LogP contribution is 1.96. The maximum atomic E-state index is 11.7. The fourth-order valence-electron chi connectivity index (χ4n) is 1.20. The van der Waals surface area contributed by atoms with Gasteiger partial charge in [0.2, 0.25) is 10.0 Å². The molecule has 0 saturated carbocycles. The largest absolute Gasteiger partial charge is 0.278 e. The molecule has 0 aliphatic heterocycles. The summed E-state index contributed by atoms with van der Waals surface area (Å²) >= 11 is 0. The van der Waals surface area contributed by atoms with E-state index in [0.29, 0.717) is 0 Å². The molecule has 1 heterocycles. The van der Waals surface area contributed by atoms with Gasteiger partial charge in [0.25, 0.3) is 10.2 Å². The van der Waals surface area contributed by atoms with Gasteiger partial charge in [-0.3, -0.25) is 4.98 Å². The number of pyridine rings is 1. The summed E-state index contributed by atoms with van der Waals surface area (Å²) in [6, 6.07) is 3.44. The van der Waals surface area contributed by atoms with E-state index in [2.05, 4.69) is 14.4 Å². The fourth-order valence-corrected chi connectivity index (χ4v) is 2.85. The van der Waals surface area contributed by atoms with Gasteiger partial charge in [-0.05, 0) is 11.6 Å². The van der Waals surface area contributed by atoms with Gasteiger partial charge in [-0.15, -0.1) is 0 Å². The molecule has 0 radical (unpaired) electrons. The van der Waals surface area contributed by atoms with E-state index in [1.54, 1.807) is 24.5 Å². The lowest BCUT2D eigenvalue weighted by molar-refractivity contribution is 0.507. The Balaban J connectivity index is 2.43. The summed E-state index contributed by atoms with van der Waals surface area (Å²) in [6.45, 7) is -0.0700. The van der Waals surface area contributed by atoms with Gasteiger partial charge in [0.05, 0.1) is 5.75 Å². The highest BCUT2D eigenvalue weighted by Gasteiger charge is 2.15. The van der Waals surface area contributed by atoms with Crippen LogP contribution in [-0.4, -0.2) is 52.5 Å². The zero-order valence-corrected chi connectivity index (χ0v) is 12.9. The van der Waals surface area contributed by atoms with E-state index < -0.39 is 20.2 Å². The molecule has 2 N–H and O–H groups in total. The number of nitrogens with zero attached hydrogens (tertiary/aromatic N) is 2. The molecule has 10 heteroatoms. The number of hydrogen-bond acceptors (Lipinski definition) is 5. The lowest BCUT2D eigenvalue weighted by Crippen LogP contribution is -2.39. The van der Waals surface area contributed by atoms with Crippen molar-refractivity contribution in [2.45, 2.75) is 6.54 Å². The molecule has 20 heavy (non-hydrogen) atoms. The third-order valence-electron chi connectivity index (χ3n) is 2.35. The van der Waals surface area contributed by atoms with Crippen molar-refractivity contribution in [1.82, 2.24) is 18.7 Å². The summed E-state index contributed by atoms with van der Waals surface area (Å²) in [6.07, 6.45) is 3.14. The standard InChI is InChI=1S/C10H18N4O4S2/c1-14(2)20(17,18)12-6-7-19(15,16)13-9-10-4-3-5-11-8-10/h3-5,8,12-13H,6-7,9H2,1-2H3. The molecule has 0 unspecified atom stereocenters. The van der Waals surface area contributed by atoms with E-state index in [1.165, 1.54) is 14.1 Å². The molecule has 0 aliphatic rings. The van der Waals surface area contributed by atoms with Crippen molar-refractivity contribution in [3.05, 3.63) is 30.1 Å². The Labute approximate surface area is 119 Å². The van der Waals surface area contributed by atoms with Crippen LogP contribution in [0.25, 0.3) is 0 Å². The van der Waals surface area contributed by atoms with Crippen LogP contribution in [0.15, 0.2) is 24.5 Å². The van der Waals surface area contributed by atoms with Crippen molar-refractivity contribution in [2.75, 3.05) is 26.4 Å². The molecular formula is C10H18N4O4S2. The molecule has 1 aromatic rings.